The zero-order valence-corrected chi connectivity index (χ0v) is 17.5. The van der Waals surface area contributed by atoms with Crippen LogP contribution in [0.5, 0.6) is 0 Å². The molecule has 2 aliphatic heterocycles. The van der Waals surface area contributed by atoms with E-state index < -0.39 is 0 Å². The van der Waals surface area contributed by atoms with Crippen molar-refractivity contribution < 1.29 is 9.90 Å². The molecule has 0 unspecified atom stereocenters. The minimum absolute atomic E-state index is 0.120. The van der Waals surface area contributed by atoms with E-state index in [4.69, 9.17) is 0 Å². The summed E-state index contributed by atoms with van der Waals surface area (Å²) in [6.45, 7) is 11.0. The van der Waals surface area contributed by atoms with Gasteiger partial charge in [0.25, 0.3) is 0 Å². The number of likely N-dealkylation sites (tertiary alicyclic amines) is 2. The topological polar surface area (TPSA) is 43.8 Å². The number of amides is 1. The molecule has 3 aliphatic rings. The third-order valence-corrected chi connectivity index (χ3v) is 6.60. The summed E-state index contributed by atoms with van der Waals surface area (Å²) in [4.78, 5) is 17.1. The Morgan fingerprint density at radius 2 is 1.89 bits per heavy atom. The summed E-state index contributed by atoms with van der Waals surface area (Å²) in [5.74, 6) is 0.622. The lowest BCUT2D eigenvalue weighted by molar-refractivity contribution is -0.142. The van der Waals surface area contributed by atoms with E-state index in [1.165, 1.54) is 11.1 Å². The summed E-state index contributed by atoms with van der Waals surface area (Å²) in [5.41, 5.74) is 2.71. The highest BCUT2D eigenvalue weighted by atomic mass is 16.3. The van der Waals surface area contributed by atoms with Crippen molar-refractivity contribution in [1.82, 2.24) is 9.80 Å². The van der Waals surface area contributed by atoms with E-state index >= 15 is 0 Å². The zero-order chi connectivity index (χ0) is 19.4. The molecular formula is C23H38N2O2. The molecule has 1 amide bonds. The summed E-state index contributed by atoms with van der Waals surface area (Å²) in [6.07, 6.45) is 11.7. The Hall–Kier alpha value is -1.13. The molecule has 2 atom stereocenters. The predicted octanol–water partition coefficient (Wildman–Crippen LogP) is 3.76. The molecule has 0 aromatic rings. The first kappa shape index (κ1) is 20.6. The Balaban J connectivity index is 1.56. The van der Waals surface area contributed by atoms with E-state index in [1.54, 1.807) is 0 Å². The van der Waals surface area contributed by atoms with Gasteiger partial charge in [-0.25, -0.2) is 0 Å². The summed E-state index contributed by atoms with van der Waals surface area (Å²) >= 11 is 0. The number of rotatable bonds is 6. The van der Waals surface area contributed by atoms with Crippen molar-refractivity contribution in [2.45, 2.75) is 71.8 Å². The second-order valence-corrected chi connectivity index (χ2v) is 9.41. The van der Waals surface area contributed by atoms with Crippen LogP contribution in [0.3, 0.4) is 0 Å². The van der Waals surface area contributed by atoms with Crippen molar-refractivity contribution in [1.29, 1.82) is 0 Å². The molecule has 3 rings (SSSR count). The van der Waals surface area contributed by atoms with E-state index in [-0.39, 0.29) is 17.4 Å². The number of hydrogen-bond donors (Lipinski definition) is 1. The molecule has 3 fully saturated rings. The van der Waals surface area contributed by atoms with Crippen LogP contribution in [0.15, 0.2) is 23.3 Å². The van der Waals surface area contributed by atoms with Crippen LogP contribution in [-0.4, -0.2) is 59.6 Å². The van der Waals surface area contributed by atoms with Gasteiger partial charge in [0.1, 0.15) is 0 Å². The predicted molar refractivity (Wildman–Crippen MR) is 110 cm³/mol. The van der Waals surface area contributed by atoms with E-state index in [1.807, 2.05) is 0 Å². The third-order valence-electron chi connectivity index (χ3n) is 6.60. The van der Waals surface area contributed by atoms with Crippen LogP contribution in [0.1, 0.15) is 65.7 Å². The molecule has 4 nitrogen and oxygen atoms in total. The monoisotopic (exact) mass is 374 g/mol. The van der Waals surface area contributed by atoms with Crippen LogP contribution >= 0.6 is 0 Å². The van der Waals surface area contributed by atoms with Gasteiger partial charge in [-0.05, 0) is 65.7 Å². The lowest BCUT2D eigenvalue weighted by Crippen LogP contribution is -2.59. The maximum absolute atomic E-state index is 12.6. The number of nitrogens with zero attached hydrogens (tertiary/aromatic N) is 2. The van der Waals surface area contributed by atoms with Crippen LogP contribution in [0.2, 0.25) is 0 Å². The first-order chi connectivity index (χ1) is 12.9. The van der Waals surface area contributed by atoms with Gasteiger partial charge < -0.3 is 10.0 Å². The van der Waals surface area contributed by atoms with Gasteiger partial charge in [0.15, 0.2) is 0 Å². The van der Waals surface area contributed by atoms with E-state index in [0.29, 0.717) is 5.91 Å². The Morgan fingerprint density at radius 1 is 1.11 bits per heavy atom. The molecule has 152 valence electrons. The van der Waals surface area contributed by atoms with Crippen LogP contribution in [0.25, 0.3) is 0 Å². The smallest absolute Gasteiger partial charge is 0.225 e. The standard InChI is InChI=1S/C23H38N2O2/c1-18(2)6-4-7-19(3)10-14-24-15-11-21(26)23(16-24)12-5-13-25(17-23)22(27)20-8-9-20/h6,10,20-21,26H,4-5,7-9,11-17H2,1-3H3/t21-,23-/m1/s1. The number of aliphatic hydroxyl groups excluding tert-OH is 1. The Bertz CT molecular complexity index is 589. The molecular weight excluding hydrogens is 336 g/mol. The quantitative estimate of drug-likeness (QED) is 0.720. The first-order valence-corrected chi connectivity index (χ1v) is 10.9. The van der Waals surface area contributed by atoms with Crippen molar-refractivity contribution in [3.63, 3.8) is 0 Å². The van der Waals surface area contributed by atoms with E-state index in [2.05, 4.69) is 42.7 Å². The van der Waals surface area contributed by atoms with Crippen molar-refractivity contribution in [2.24, 2.45) is 11.3 Å². The van der Waals surface area contributed by atoms with Gasteiger partial charge in [-0.1, -0.05) is 23.3 Å². The van der Waals surface area contributed by atoms with E-state index in [0.717, 1.165) is 77.7 Å². The molecule has 1 N–H and O–H groups in total. The first-order valence-electron chi connectivity index (χ1n) is 10.9. The summed E-state index contributed by atoms with van der Waals surface area (Å²) < 4.78 is 0. The van der Waals surface area contributed by atoms with Crippen LogP contribution in [-0.2, 0) is 4.79 Å². The van der Waals surface area contributed by atoms with Gasteiger partial charge in [-0.3, -0.25) is 9.69 Å². The molecule has 0 radical (unpaired) electrons. The van der Waals surface area contributed by atoms with Gasteiger partial charge >= 0.3 is 0 Å². The van der Waals surface area contributed by atoms with Crippen molar-refractivity contribution in [3.8, 4) is 0 Å². The normalized spacial score (nSPS) is 29.9. The fraction of sp³-hybridized carbons (Fsp3) is 0.783. The molecule has 0 bridgehead atoms. The minimum Gasteiger partial charge on any atom is -0.392 e. The average Bonchev–Trinajstić information content (AvgIpc) is 3.47. The zero-order valence-electron chi connectivity index (χ0n) is 17.5. The molecule has 2 heterocycles. The van der Waals surface area contributed by atoms with Gasteiger partial charge in [-0.2, -0.15) is 0 Å². The minimum atomic E-state index is -0.272. The Kier molecular flexibility index (Phi) is 6.80. The van der Waals surface area contributed by atoms with Gasteiger partial charge in [0.2, 0.25) is 5.91 Å². The molecule has 1 aliphatic carbocycles. The second kappa shape index (κ2) is 8.91. The van der Waals surface area contributed by atoms with Gasteiger partial charge in [-0.15, -0.1) is 0 Å². The Labute approximate surface area is 165 Å². The average molecular weight is 375 g/mol. The number of carbonyl (C=O) groups is 1. The highest BCUT2D eigenvalue weighted by molar-refractivity contribution is 5.81. The fourth-order valence-corrected chi connectivity index (χ4v) is 4.71. The van der Waals surface area contributed by atoms with Gasteiger partial charge in [0.05, 0.1) is 6.10 Å². The molecule has 1 spiro atoms. The van der Waals surface area contributed by atoms with Crippen molar-refractivity contribution in [3.05, 3.63) is 23.3 Å². The molecule has 4 heteroatoms. The molecule has 2 saturated heterocycles. The van der Waals surface area contributed by atoms with E-state index in [9.17, 15) is 9.90 Å². The van der Waals surface area contributed by atoms with Crippen LogP contribution < -0.4 is 0 Å². The number of aliphatic hydroxyl groups is 1. The maximum atomic E-state index is 12.6. The number of piperidine rings is 2. The molecule has 0 aromatic heterocycles. The second-order valence-electron chi connectivity index (χ2n) is 9.41. The lowest BCUT2D eigenvalue weighted by atomic mass is 9.71. The lowest BCUT2D eigenvalue weighted by Gasteiger charge is -2.51. The van der Waals surface area contributed by atoms with Crippen LogP contribution in [0, 0.1) is 11.3 Å². The SMILES string of the molecule is CC(C)=CCCC(C)=CCN1CC[C@@H](O)[C@]2(CCCN(C(=O)C3CC3)C2)C1. The Morgan fingerprint density at radius 3 is 2.59 bits per heavy atom. The fourth-order valence-electron chi connectivity index (χ4n) is 4.71. The third kappa shape index (κ3) is 5.45. The van der Waals surface area contributed by atoms with Gasteiger partial charge in [0, 0.05) is 44.1 Å². The molecule has 0 aromatic carbocycles. The highest BCUT2D eigenvalue weighted by Crippen LogP contribution is 2.41. The summed E-state index contributed by atoms with van der Waals surface area (Å²) in [7, 11) is 0. The molecule has 1 saturated carbocycles. The van der Waals surface area contributed by atoms with Crippen molar-refractivity contribution >= 4 is 5.91 Å². The highest BCUT2D eigenvalue weighted by Gasteiger charge is 2.47. The summed E-state index contributed by atoms with van der Waals surface area (Å²) in [5, 5.41) is 10.8. The maximum Gasteiger partial charge on any atom is 0.225 e. The van der Waals surface area contributed by atoms with Crippen LogP contribution in [0.4, 0.5) is 0 Å². The number of allylic oxidation sites excluding steroid dienone is 3. The molecule has 27 heavy (non-hydrogen) atoms. The summed E-state index contributed by atoms with van der Waals surface area (Å²) in [6, 6.07) is 0. The number of hydrogen-bond acceptors (Lipinski definition) is 3. The van der Waals surface area contributed by atoms with Crippen molar-refractivity contribution in [2.75, 3.05) is 32.7 Å². The number of carbonyl (C=O) groups excluding carboxylic acids is 1. The largest absolute Gasteiger partial charge is 0.392 e.